The number of carbonyl (C=O) groups is 1. The third-order valence-electron chi connectivity index (χ3n) is 4.00. The molecule has 2 heterocycles. The van der Waals surface area contributed by atoms with Crippen molar-refractivity contribution in [3.8, 4) is 0 Å². The van der Waals surface area contributed by atoms with E-state index in [1.165, 1.54) is 5.56 Å². The van der Waals surface area contributed by atoms with Gasteiger partial charge in [0.1, 0.15) is 6.23 Å². The standard InChI is InChI=1S/C13H13NO2/c15-12-9-6-10(9)13-14(12)11(7-16-13)8-4-2-1-3-5-8/h1-5,9-11,13H,6-7H2/t9-,10+,11+,13+/m1/s1. The largest absolute Gasteiger partial charge is 0.355 e. The normalized spacial score (nSPS) is 39.8. The van der Waals surface area contributed by atoms with Crippen molar-refractivity contribution in [2.45, 2.75) is 18.7 Å². The molecule has 0 aromatic heterocycles. The van der Waals surface area contributed by atoms with E-state index in [1.54, 1.807) is 0 Å². The van der Waals surface area contributed by atoms with Crippen LogP contribution in [0.1, 0.15) is 18.0 Å². The Labute approximate surface area is 94.0 Å². The van der Waals surface area contributed by atoms with E-state index >= 15 is 0 Å². The van der Waals surface area contributed by atoms with Crippen LogP contribution in [0.5, 0.6) is 0 Å². The first kappa shape index (κ1) is 8.76. The molecule has 1 aromatic carbocycles. The average Bonchev–Trinajstić information content (AvgIpc) is 2.92. The van der Waals surface area contributed by atoms with Crippen LogP contribution in [-0.2, 0) is 9.53 Å². The molecule has 1 aromatic rings. The number of hydrogen-bond acceptors (Lipinski definition) is 2. The van der Waals surface area contributed by atoms with Crippen molar-refractivity contribution in [2.75, 3.05) is 6.61 Å². The quantitative estimate of drug-likeness (QED) is 0.711. The molecule has 3 fully saturated rings. The third-order valence-corrected chi connectivity index (χ3v) is 4.00. The van der Waals surface area contributed by atoms with E-state index in [4.69, 9.17) is 4.74 Å². The maximum atomic E-state index is 12.1. The lowest BCUT2D eigenvalue weighted by molar-refractivity contribution is -0.134. The number of carbonyl (C=O) groups excluding carboxylic acids is 1. The molecule has 82 valence electrons. The molecule has 2 aliphatic heterocycles. The molecule has 3 aliphatic rings. The molecule has 3 nitrogen and oxygen atoms in total. The summed E-state index contributed by atoms with van der Waals surface area (Å²) in [7, 11) is 0. The Kier molecular flexibility index (Phi) is 1.56. The SMILES string of the molecule is O=C1[C@@H]2C[C@@H]2[C@@H]2OC[C@@H](c3ccccc3)N12. The number of nitrogens with zero attached hydrogens (tertiary/aromatic N) is 1. The number of rotatable bonds is 1. The molecular formula is C13H13NO2. The summed E-state index contributed by atoms with van der Waals surface area (Å²) >= 11 is 0. The molecule has 16 heavy (non-hydrogen) atoms. The van der Waals surface area contributed by atoms with E-state index in [1.807, 2.05) is 23.1 Å². The first-order valence-electron chi connectivity index (χ1n) is 5.85. The molecule has 1 saturated carbocycles. The van der Waals surface area contributed by atoms with Gasteiger partial charge in [-0.05, 0) is 12.0 Å². The Morgan fingerprint density at radius 2 is 2.06 bits per heavy atom. The minimum atomic E-state index is 0.0720. The van der Waals surface area contributed by atoms with Crippen LogP contribution in [0.3, 0.4) is 0 Å². The summed E-state index contributed by atoms with van der Waals surface area (Å²) in [6.45, 7) is 0.656. The number of ether oxygens (including phenoxy) is 1. The van der Waals surface area contributed by atoms with Gasteiger partial charge in [-0.1, -0.05) is 30.3 Å². The maximum Gasteiger partial charge on any atom is 0.228 e. The lowest BCUT2D eigenvalue weighted by Gasteiger charge is -2.24. The second kappa shape index (κ2) is 2.86. The molecule has 4 rings (SSSR count). The first-order valence-corrected chi connectivity index (χ1v) is 5.85. The van der Waals surface area contributed by atoms with Crippen molar-refractivity contribution < 1.29 is 9.53 Å². The Hall–Kier alpha value is -1.35. The van der Waals surface area contributed by atoms with Gasteiger partial charge in [0, 0.05) is 11.8 Å². The average molecular weight is 215 g/mol. The molecule has 1 aliphatic carbocycles. The molecular weight excluding hydrogens is 202 g/mol. The maximum absolute atomic E-state index is 12.1. The van der Waals surface area contributed by atoms with E-state index in [2.05, 4.69) is 12.1 Å². The van der Waals surface area contributed by atoms with E-state index < -0.39 is 0 Å². The fraction of sp³-hybridized carbons (Fsp3) is 0.462. The highest BCUT2D eigenvalue weighted by Crippen LogP contribution is 2.55. The van der Waals surface area contributed by atoms with E-state index in [0.717, 1.165) is 6.42 Å². The topological polar surface area (TPSA) is 29.5 Å². The van der Waals surface area contributed by atoms with E-state index in [9.17, 15) is 4.79 Å². The van der Waals surface area contributed by atoms with Gasteiger partial charge in [0.15, 0.2) is 0 Å². The zero-order chi connectivity index (χ0) is 10.7. The van der Waals surface area contributed by atoms with Crippen molar-refractivity contribution in [3.63, 3.8) is 0 Å². The summed E-state index contributed by atoms with van der Waals surface area (Å²) in [6.07, 6.45) is 1.12. The third kappa shape index (κ3) is 0.990. The van der Waals surface area contributed by atoms with Crippen molar-refractivity contribution in [1.29, 1.82) is 0 Å². The molecule has 3 heteroatoms. The summed E-state index contributed by atoms with van der Waals surface area (Å²) in [4.78, 5) is 14.0. The van der Waals surface area contributed by atoms with E-state index in [0.29, 0.717) is 18.4 Å². The lowest BCUT2D eigenvalue weighted by atomic mass is 10.1. The van der Waals surface area contributed by atoms with Gasteiger partial charge in [0.05, 0.1) is 12.6 Å². The van der Waals surface area contributed by atoms with Gasteiger partial charge in [-0.2, -0.15) is 0 Å². The number of benzene rings is 1. The highest BCUT2D eigenvalue weighted by atomic mass is 16.5. The predicted molar refractivity (Wildman–Crippen MR) is 57.4 cm³/mol. The van der Waals surface area contributed by atoms with Crippen LogP contribution in [0.2, 0.25) is 0 Å². The predicted octanol–water partition coefficient (Wildman–Crippen LogP) is 1.56. The van der Waals surface area contributed by atoms with Gasteiger partial charge in [-0.25, -0.2) is 0 Å². The van der Waals surface area contributed by atoms with Gasteiger partial charge in [-0.15, -0.1) is 0 Å². The molecule has 0 bridgehead atoms. The monoisotopic (exact) mass is 215 g/mol. The molecule has 4 atom stereocenters. The van der Waals surface area contributed by atoms with Crippen LogP contribution in [0.25, 0.3) is 0 Å². The Morgan fingerprint density at radius 3 is 2.88 bits per heavy atom. The zero-order valence-electron chi connectivity index (χ0n) is 8.87. The summed E-state index contributed by atoms with van der Waals surface area (Å²) in [5, 5.41) is 0. The van der Waals surface area contributed by atoms with Crippen molar-refractivity contribution >= 4 is 5.91 Å². The van der Waals surface area contributed by atoms with Crippen molar-refractivity contribution in [2.24, 2.45) is 11.8 Å². The molecule has 0 unspecified atom stereocenters. The van der Waals surface area contributed by atoms with Crippen LogP contribution < -0.4 is 0 Å². The van der Waals surface area contributed by atoms with Gasteiger partial charge in [-0.3, -0.25) is 4.79 Å². The fourth-order valence-electron chi connectivity index (χ4n) is 3.07. The Bertz CT molecular complexity index is 445. The van der Waals surface area contributed by atoms with Crippen molar-refractivity contribution in [1.82, 2.24) is 4.90 Å². The van der Waals surface area contributed by atoms with E-state index in [-0.39, 0.29) is 18.2 Å². The molecule has 0 radical (unpaired) electrons. The van der Waals surface area contributed by atoms with Crippen LogP contribution in [0.4, 0.5) is 0 Å². The number of fused-ring (bicyclic) bond motifs is 3. The molecule has 0 N–H and O–H groups in total. The highest BCUT2D eigenvalue weighted by molar-refractivity contribution is 5.85. The minimum Gasteiger partial charge on any atom is -0.355 e. The summed E-state index contributed by atoms with van der Waals surface area (Å²) in [5.41, 5.74) is 1.19. The summed E-state index contributed by atoms with van der Waals surface area (Å²) in [6, 6.07) is 10.3. The second-order valence-electron chi connectivity index (χ2n) is 4.90. The Balaban J connectivity index is 1.70. The van der Waals surface area contributed by atoms with Crippen LogP contribution in [-0.4, -0.2) is 23.6 Å². The second-order valence-corrected chi connectivity index (χ2v) is 4.90. The number of hydrogen-bond donors (Lipinski definition) is 0. The molecule has 0 spiro atoms. The van der Waals surface area contributed by atoms with Gasteiger partial charge < -0.3 is 9.64 Å². The number of piperidine rings is 1. The van der Waals surface area contributed by atoms with Crippen LogP contribution in [0, 0.1) is 11.8 Å². The van der Waals surface area contributed by atoms with Gasteiger partial charge in [0.2, 0.25) is 5.91 Å². The Morgan fingerprint density at radius 1 is 1.25 bits per heavy atom. The molecule has 1 amide bonds. The highest BCUT2D eigenvalue weighted by Gasteiger charge is 2.63. The van der Waals surface area contributed by atoms with Gasteiger partial charge >= 0.3 is 0 Å². The fourth-order valence-corrected chi connectivity index (χ4v) is 3.07. The first-order chi connectivity index (χ1) is 7.86. The van der Waals surface area contributed by atoms with Gasteiger partial charge in [0.25, 0.3) is 0 Å². The summed E-state index contributed by atoms with van der Waals surface area (Å²) in [5.74, 6) is 1.07. The van der Waals surface area contributed by atoms with Crippen LogP contribution in [0.15, 0.2) is 30.3 Å². The molecule has 2 saturated heterocycles. The van der Waals surface area contributed by atoms with Crippen molar-refractivity contribution in [3.05, 3.63) is 35.9 Å². The van der Waals surface area contributed by atoms with Crippen LogP contribution >= 0.6 is 0 Å². The zero-order valence-corrected chi connectivity index (χ0v) is 8.87. The smallest absolute Gasteiger partial charge is 0.228 e. The summed E-state index contributed by atoms with van der Waals surface area (Å²) < 4.78 is 5.77. The lowest BCUT2D eigenvalue weighted by Crippen LogP contribution is -2.34. The number of amides is 1. The minimum absolute atomic E-state index is 0.0720.